The summed E-state index contributed by atoms with van der Waals surface area (Å²) in [5.41, 5.74) is 0.839. The minimum Gasteiger partial charge on any atom is -0.369 e. The summed E-state index contributed by atoms with van der Waals surface area (Å²) in [6.45, 7) is 1.52. The smallest absolute Gasteiger partial charge is 0.179 e. The Bertz CT molecular complexity index is 826. The van der Waals surface area contributed by atoms with Crippen molar-refractivity contribution in [2.45, 2.75) is 23.8 Å². The molecule has 5 nitrogen and oxygen atoms in total. The monoisotopic (exact) mass is 349 g/mol. The van der Waals surface area contributed by atoms with Gasteiger partial charge in [-0.05, 0) is 43.2 Å². The molecule has 1 N–H and O–H groups in total. The predicted molar refractivity (Wildman–Crippen MR) is 92.6 cm³/mol. The standard InChI is InChI=1S/C17H20FN3O2S/c1-24(22,23)16-8-3-9-19-17(16)20-14-6-4-10-21(12-14)15-7-2-5-13(18)11-15/h2-3,5,7-9,11,14H,4,6,10,12H2,1H3,(H,19,20). The predicted octanol–water partition coefficient (Wildman–Crippen LogP) is 2.71. The molecule has 3 rings (SSSR count). The maximum Gasteiger partial charge on any atom is 0.179 e. The summed E-state index contributed by atoms with van der Waals surface area (Å²) in [5.74, 6) is 0.123. The van der Waals surface area contributed by atoms with Crippen molar-refractivity contribution in [2.24, 2.45) is 0 Å². The van der Waals surface area contributed by atoms with Gasteiger partial charge in [-0.15, -0.1) is 0 Å². The average molecular weight is 349 g/mol. The molecule has 7 heteroatoms. The van der Waals surface area contributed by atoms with Gasteiger partial charge in [0.05, 0.1) is 0 Å². The average Bonchev–Trinajstić information content (AvgIpc) is 2.55. The minimum atomic E-state index is -3.34. The third-order valence-corrected chi connectivity index (χ3v) is 5.23. The van der Waals surface area contributed by atoms with Gasteiger partial charge in [0.15, 0.2) is 9.84 Å². The maximum atomic E-state index is 13.4. The van der Waals surface area contributed by atoms with E-state index in [1.54, 1.807) is 24.4 Å². The Morgan fingerprint density at radius 2 is 2.12 bits per heavy atom. The van der Waals surface area contributed by atoms with Crippen LogP contribution in [0.15, 0.2) is 47.5 Å². The van der Waals surface area contributed by atoms with E-state index in [9.17, 15) is 12.8 Å². The van der Waals surface area contributed by atoms with E-state index in [2.05, 4.69) is 15.2 Å². The number of pyridine rings is 1. The molecule has 1 aromatic carbocycles. The largest absolute Gasteiger partial charge is 0.369 e. The van der Waals surface area contributed by atoms with Crippen LogP contribution in [0.4, 0.5) is 15.9 Å². The zero-order valence-electron chi connectivity index (χ0n) is 13.4. The second-order valence-corrected chi connectivity index (χ2v) is 8.02. The minimum absolute atomic E-state index is 0.0532. The van der Waals surface area contributed by atoms with E-state index in [-0.39, 0.29) is 16.8 Å². The van der Waals surface area contributed by atoms with Crippen LogP contribution in [0.2, 0.25) is 0 Å². The summed E-state index contributed by atoms with van der Waals surface area (Å²) >= 11 is 0. The second kappa shape index (κ2) is 6.76. The number of piperidine rings is 1. The molecule has 1 fully saturated rings. The van der Waals surface area contributed by atoms with Crippen LogP contribution in [0.5, 0.6) is 0 Å². The quantitative estimate of drug-likeness (QED) is 0.920. The molecule has 2 heterocycles. The van der Waals surface area contributed by atoms with Crippen LogP contribution in [0, 0.1) is 5.82 Å². The molecular formula is C17H20FN3O2S. The molecule has 0 amide bonds. The number of hydrogen-bond donors (Lipinski definition) is 1. The number of halogens is 1. The summed E-state index contributed by atoms with van der Waals surface area (Å²) < 4.78 is 37.2. The fourth-order valence-electron chi connectivity index (χ4n) is 2.99. The highest BCUT2D eigenvalue weighted by molar-refractivity contribution is 7.90. The van der Waals surface area contributed by atoms with Gasteiger partial charge < -0.3 is 10.2 Å². The molecule has 0 radical (unpaired) electrons. The third kappa shape index (κ3) is 3.84. The molecule has 128 valence electrons. The summed E-state index contributed by atoms with van der Waals surface area (Å²) in [7, 11) is -3.34. The Morgan fingerprint density at radius 1 is 1.29 bits per heavy atom. The van der Waals surface area contributed by atoms with Crippen molar-refractivity contribution < 1.29 is 12.8 Å². The molecule has 0 aliphatic carbocycles. The summed E-state index contributed by atoms with van der Waals surface area (Å²) in [5, 5.41) is 3.24. The number of hydrogen-bond acceptors (Lipinski definition) is 5. The normalized spacial score (nSPS) is 18.4. The van der Waals surface area contributed by atoms with Crippen LogP contribution in [0.25, 0.3) is 0 Å². The van der Waals surface area contributed by atoms with Crippen molar-refractivity contribution in [3.05, 3.63) is 48.4 Å². The van der Waals surface area contributed by atoms with E-state index in [1.807, 2.05) is 6.07 Å². The van der Waals surface area contributed by atoms with Crippen LogP contribution in [-0.4, -0.2) is 38.8 Å². The van der Waals surface area contributed by atoms with Crippen LogP contribution in [-0.2, 0) is 9.84 Å². The number of nitrogens with zero attached hydrogens (tertiary/aromatic N) is 2. The Kier molecular flexibility index (Phi) is 4.71. The number of benzene rings is 1. The number of nitrogens with one attached hydrogen (secondary N) is 1. The lowest BCUT2D eigenvalue weighted by Gasteiger charge is -2.35. The van der Waals surface area contributed by atoms with Crippen molar-refractivity contribution in [1.82, 2.24) is 4.98 Å². The Balaban J connectivity index is 1.77. The lowest BCUT2D eigenvalue weighted by molar-refractivity contribution is 0.526. The van der Waals surface area contributed by atoms with Gasteiger partial charge in [0.25, 0.3) is 0 Å². The highest BCUT2D eigenvalue weighted by Gasteiger charge is 2.23. The second-order valence-electron chi connectivity index (χ2n) is 6.03. The summed E-state index contributed by atoms with van der Waals surface area (Å²) in [6, 6.07) is 9.74. The lowest BCUT2D eigenvalue weighted by Crippen LogP contribution is -2.42. The third-order valence-electron chi connectivity index (χ3n) is 4.11. The first-order valence-corrected chi connectivity index (χ1v) is 9.75. The molecule has 1 aromatic heterocycles. The van der Waals surface area contributed by atoms with E-state index >= 15 is 0 Å². The molecule has 1 unspecified atom stereocenters. The van der Waals surface area contributed by atoms with E-state index < -0.39 is 9.84 Å². The molecule has 1 aliphatic rings. The summed E-state index contributed by atoms with van der Waals surface area (Å²) in [6.07, 6.45) is 4.60. The van der Waals surface area contributed by atoms with Crippen LogP contribution in [0.1, 0.15) is 12.8 Å². The molecule has 1 atom stereocenters. The Morgan fingerprint density at radius 3 is 2.88 bits per heavy atom. The number of aromatic nitrogens is 1. The molecule has 0 spiro atoms. The Hall–Kier alpha value is -2.15. The zero-order chi connectivity index (χ0) is 17.2. The van der Waals surface area contributed by atoms with Crippen molar-refractivity contribution in [2.75, 3.05) is 29.6 Å². The van der Waals surface area contributed by atoms with E-state index in [0.29, 0.717) is 12.4 Å². The molecule has 1 aliphatic heterocycles. The van der Waals surface area contributed by atoms with Gasteiger partial charge in [-0.25, -0.2) is 17.8 Å². The fourth-order valence-corrected chi connectivity index (χ4v) is 3.78. The molecule has 0 saturated carbocycles. The van der Waals surface area contributed by atoms with Crippen LogP contribution in [0.3, 0.4) is 0 Å². The highest BCUT2D eigenvalue weighted by atomic mass is 32.2. The SMILES string of the molecule is CS(=O)(=O)c1cccnc1NC1CCCN(c2cccc(F)c2)C1. The Labute approximate surface area is 141 Å². The summed E-state index contributed by atoms with van der Waals surface area (Å²) in [4.78, 5) is 6.49. The highest BCUT2D eigenvalue weighted by Crippen LogP contribution is 2.24. The first-order valence-electron chi connectivity index (χ1n) is 7.85. The number of rotatable bonds is 4. The molecular weight excluding hydrogens is 329 g/mol. The molecule has 2 aromatic rings. The van der Waals surface area contributed by atoms with Gasteiger partial charge in [-0.2, -0.15) is 0 Å². The van der Waals surface area contributed by atoms with Crippen molar-refractivity contribution >= 4 is 21.3 Å². The number of sulfone groups is 1. The topological polar surface area (TPSA) is 62.3 Å². The fraction of sp³-hybridized carbons (Fsp3) is 0.353. The van der Waals surface area contributed by atoms with E-state index in [1.165, 1.54) is 18.4 Å². The van der Waals surface area contributed by atoms with Gasteiger partial charge in [0.1, 0.15) is 16.5 Å². The van der Waals surface area contributed by atoms with Gasteiger partial charge in [0, 0.05) is 37.3 Å². The lowest BCUT2D eigenvalue weighted by atomic mass is 10.0. The molecule has 24 heavy (non-hydrogen) atoms. The number of anilines is 2. The first-order chi connectivity index (χ1) is 11.4. The van der Waals surface area contributed by atoms with Crippen molar-refractivity contribution in [3.63, 3.8) is 0 Å². The van der Waals surface area contributed by atoms with Crippen LogP contribution >= 0.6 is 0 Å². The van der Waals surface area contributed by atoms with Gasteiger partial charge >= 0.3 is 0 Å². The van der Waals surface area contributed by atoms with Crippen LogP contribution < -0.4 is 10.2 Å². The molecule has 0 bridgehead atoms. The van der Waals surface area contributed by atoms with E-state index in [0.717, 1.165) is 25.1 Å². The zero-order valence-corrected chi connectivity index (χ0v) is 14.3. The van der Waals surface area contributed by atoms with E-state index in [4.69, 9.17) is 0 Å². The molecule has 1 saturated heterocycles. The first kappa shape index (κ1) is 16.7. The van der Waals surface area contributed by atoms with Gasteiger partial charge in [0.2, 0.25) is 0 Å². The van der Waals surface area contributed by atoms with Crippen molar-refractivity contribution in [3.8, 4) is 0 Å². The maximum absolute atomic E-state index is 13.4. The van der Waals surface area contributed by atoms with Crippen molar-refractivity contribution in [1.29, 1.82) is 0 Å². The van der Waals surface area contributed by atoms with Gasteiger partial charge in [-0.3, -0.25) is 0 Å². The van der Waals surface area contributed by atoms with Gasteiger partial charge in [-0.1, -0.05) is 6.07 Å².